The fourth-order valence-corrected chi connectivity index (χ4v) is 3.48. The number of hydrogen-bond acceptors (Lipinski definition) is 5. The van der Waals surface area contributed by atoms with Gasteiger partial charge in [0.1, 0.15) is 11.8 Å². The number of anilines is 2. The van der Waals surface area contributed by atoms with Gasteiger partial charge in [0.15, 0.2) is 0 Å². The van der Waals surface area contributed by atoms with Gasteiger partial charge in [0.05, 0.1) is 16.7 Å². The van der Waals surface area contributed by atoms with Gasteiger partial charge in [0, 0.05) is 13.0 Å². The maximum Gasteiger partial charge on any atom is 0.274 e. The van der Waals surface area contributed by atoms with E-state index in [2.05, 4.69) is 22.3 Å². The van der Waals surface area contributed by atoms with E-state index in [1.807, 2.05) is 59.2 Å². The molecule has 1 atom stereocenters. The summed E-state index contributed by atoms with van der Waals surface area (Å²) in [5.41, 5.74) is 8.27. The van der Waals surface area contributed by atoms with E-state index in [1.165, 1.54) is 5.01 Å². The Morgan fingerprint density at radius 2 is 1.86 bits per heavy atom. The van der Waals surface area contributed by atoms with E-state index in [-0.39, 0.29) is 18.0 Å². The van der Waals surface area contributed by atoms with Crippen LogP contribution in [0.3, 0.4) is 0 Å². The Morgan fingerprint density at radius 3 is 2.59 bits per heavy atom. The molecule has 148 valence electrons. The molecule has 0 saturated heterocycles. The van der Waals surface area contributed by atoms with Crippen LogP contribution in [0, 0.1) is 0 Å². The first-order valence-electron chi connectivity index (χ1n) is 9.56. The predicted octanol–water partition coefficient (Wildman–Crippen LogP) is 2.50. The minimum absolute atomic E-state index is 0.143. The van der Waals surface area contributed by atoms with Gasteiger partial charge in [-0.1, -0.05) is 37.3 Å². The molecule has 0 spiro atoms. The molecule has 2 heterocycles. The van der Waals surface area contributed by atoms with Gasteiger partial charge in [0.2, 0.25) is 11.9 Å². The normalized spacial score (nSPS) is 16.1. The molecule has 0 aliphatic carbocycles. The lowest BCUT2D eigenvalue weighted by Crippen LogP contribution is -2.39. The zero-order valence-electron chi connectivity index (χ0n) is 16.1. The van der Waals surface area contributed by atoms with Crippen LogP contribution in [0.15, 0.2) is 59.7 Å². The second-order valence-electron chi connectivity index (χ2n) is 6.88. The second-order valence-corrected chi connectivity index (χ2v) is 6.88. The Labute approximate surface area is 168 Å². The van der Waals surface area contributed by atoms with Crippen LogP contribution in [0.25, 0.3) is 11.0 Å². The molecule has 1 aliphatic rings. The molecule has 4 rings (SSSR count). The fraction of sp³-hybridized carbons (Fsp3) is 0.238. The number of nitrogens with one attached hydrogen (secondary N) is 1. The number of carbonyl (C=O) groups is 2. The molecule has 0 radical (unpaired) electrons. The molecule has 0 bridgehead atoms. The molecule has 2 aromatic carbocycles. The topological polar surface area (TPSA) is 106 Å². The van der Waals surface area contributed by atoms with Crippen molar-refractivity contribution in [3.05, 3.63) is 54.6 Å². The second kappa shape index (κ2) is 7.75. The Morgan fingerprint density at radius 1 is 1.14 bits per heavy atom. The number of nitrogens with zero attached hydrogens (tertiary/aromatic N) is 4. The van der Waals surface area contributed by atoms with Crippen molar-refractivity contribution in [2.75, 3.05) is 10.3 Å². The van der Waals surface area contributed by atoms with E-state index in [4.69, 9.17) is 5.73 Å². The average Bonchev–Trinajstić information content (AvgIpc) is 3.32. The first kappa shape index (κ1) is 18.7. The minimum Gasteiger partial charge on any atom is -0.368 e. The summed E-state index contributed by atoms with van der Waals surface area (Å²) in [7, 11) is 0. The van der Waals surface area contributed by atoms with Crippen molar-refractivity contribution in [1.82, 2.24) is 9.55 Å². The number of nitrogens with two attached hydrogens (primary N) is 1. The first-order valence-corrected chi connectivity index (χ1v) is 9.56. The highest BCUT2D eigenvalue weighted by molar-refractivity contribution is 6.44. The van der Waals surface area contributed by atoms with E-state index in [0.717, 1.165) is 24.0 Å². The Hall–Kier alpha value is -3.68. The number of benzene rings is 2. The smallest absolute Gasteiger partial charge is 0.274 e. The van der Waals surface area contributed by atoms with E-state index >= 15 is 0 Å². The van der Waals surface area contributed by atoms with Crippen LogP contribution in [0.5, 0.6) is 0 Å². The van der Waals surface area contributed by atoms with Gasteiger partial charge in [-0.3, -0.25) is 19.9 Å². The van der Waals surface area contributed by atoms with Crippen LogP contribution >= 0.6 is 0 Å². The van der Waals surface area contributed by atoms with E-state index in [1.54, 1.807) is 0 Å². The Bertz CT molecular complexity index is 1090. The van der Waals surface area contributed by atoms with E-state index < -0.39 is 11.9 Å². The number of primary amides is 1. The molecule has 3 N–H and O–H groups in total. The Kier molecular flexibility index (Phi) is 4.99. The van der Waals surface area contributed by atoms with Gasteiger partial charge in [0.25, 0.3) is 5.91 Å². The van der Waals surface area contributed by atoms with Crippen LogP contribution < -0.4 is 16.1 Å². The molecule has 0 saturated carbocycles. The lowest BCUT2D eigenvalue weighted by molar-refractivity contribution is -0.119. The van der Waals surface area contributed by atoms with Crippen molar-refractivity contribution in [2.24, 2.45) is 10.8 Å². The summed E-state index contributed by atoms with van der Waals surface area (Å²) in [6.07, 6.45) is 1.04. The molecule has 8 nitrogen and oxygen atoms in total. The summed E-state index contributed by atoms with van der Waals surface area (Å²) in [6.45, 7) is 2.79. The van der Waals surface area contributed by atoms with Crippen molar-refractivity contribution in [3.63, 3.8) is 0 Å². The maximum absolute atomic E-state index is 12.9. The minimum atomic E-state index is -0.701. The van der Waals surface area contributed by atoms with Gasteiger partial charge in [-0.05, 0) is 30.7 Å². The highest BCUT2D eigenvalue weighted by Crippen LogP contribution is 2.25. The molecule has 8 heteroatoms. The summed E-state index contributed by atoms with van der Waals surface area (Å²) >= 11 is 0. The third-order valence-electron chi connectivity index (χ3n) is 4.85. The van der Waals surface area contributed by atoms with Crippen LogP contribution in [-0.4, -0.2) is 33.1 Å². The predicted molar refractivity (Wildman–Crippen MR) is 113 cm³/mol. The van der Waals surface area contributed by atoms with Gasteiger partial charge in [-0.15, -0.1) is 0 Å². The highest BCUT2D eigenvalue weighted by atomic mass is 16.2. The Balaban J connectivity index is 1.62. The molecule has 29 heavy (non-hydrogen) atoms. The number of rotatable bonds is 6. The summed E-state index contributed by atoms with van der Waals surface area (Å²) in [5.74, 6) is -0.449. The number of para-hydroxylation sites is 3. The van der Waals surface area contributed by atoms with Crippen molar-refractivity contribution in [2.45, 2.75) is 32.4 Å². The number of imidazole rings is 1. The summed E-state index contributed by atoms with van der Waals surface area (Å²) in [5, 5.41) is 8.75. The van der Waals surface area contributed by atoms with Gasteiger partial charge < -0.3 is 10.3 Å². The quantitative estimate of drug-likeness (QED) is 0.674. The average molecular weight is 390 g/mol. The summed E-state index contributed by atoms with van der Waals surface area (Å²) in [4.78, 5) is 29.4. The summed E-state index contributed by atoms with van der Waals surface area (Å²) < 4.78 is 1.98. The lowest BCUT2D eigenvalue weighted by Gasteiger charge is -2.20. The molecular formula is C21H22N6O2. The molecule has 1 unspecified atom stereocenters. The lowest BCUT2D eigenvalue weighted by atomic mass is 10.1. The highest BCUT2D eigenvalue weighted by Gasteiger charge is 2.35. The van der Waals surface area contributed by atoms with Gasteiger partial charge in [-0.25, -0.2) is 4.98 Å². The molecule has 0 fully saturated rings. The molecular weight excluding hydrogens is 368 g/mol. The van der Waals surface area contributed by atoms with Crippen molar-refractivity contribution < 1.29 is 9.59 Å². The monoisotopic (exact) mass is 390 g/mol. The number of carbonyl (C=O) groups excluding carboxylic acids is 2. The summed E-state index contributed by atoms with van der Waals surface area (Å²) in [6, 6.07) is 16.2. The number of aryl methyl sites for hydroxylation is 1. The third-order valence-corrected chi connectivity index (χ3v) is 4.85. The molecule has 1 aromatic heterocycles. The molecule has 3 aromatic rings. The maximum atomic E-state index is 12.9. The standard InChI is InChI=1S/C21H22N6O2/c1-2-12-26-17-11-7-6-10-15(17)23-21(26)24-20(29)16-13-18(19(22)28)27(25-16)14-8-4-3-5-9-14/h3-11,18H,2,12-13H2,1H3,(H2,22,28)(H,23,24,29). The van der Waals surface area contributed by atoms with Crippen LogP contribution in [-0.2, 0) is 16.1 Å². The van der Waals surface area contributed by atoms with Crippen molar-refractivity contribution in [3.8, 4) is 0 Å². The zero-order chi connectivity index (χ0) is 20.4. The number of hydrogen-bond donors (Lipinski definition) is 2. The third kappa shape index (κ3) is 3.56. The van der Waals surface area contributed by atoms with Gasteiger partial charge >= 0.3 is 0 Å². The van der Waals surface area contributed by atoms with Crippen LogP contribution in [0.2, 0.25) is 0 Å². The number of amides is 2. The van der Waals surface area contributed by atoms with Crippen LogP contribution in [0.1, 0.15) is 19.8 Å². The fourth-order valence-electron chi connectivity index (χ4n) is 3.48. The van der Waals surface area contributed by atoms with E-state index in [0.29, 0.717) is 11.6 Å². The van der Waals surface area contributed by atoms with Gasteiger partial charge in [-0.2, -0.15) is 5.10 Å². The molecule has 2 amide bonds. The van der Waals surface area contributed by atoms with Crippen LogP contribution in [0.4, 0.5) is 11.6 Å². The number of fused-ring (bicyclic) bond motifs is 1. The van der Waals surface area contributed by atoms with Crippen molar-refractivity contribution >= 4 is 40.2 Å². The number of aromatic nitrogens is 2. The van der Waals surface area contributed by atoms with E-state index in [9.17, 15) is 9.59 Å². The zero-order valence-corrected chi connectivity index (χ0v) is 16.1. The molecule has 1 aliphatic heterocycles. The largest absolute Gasteiger partial charge is 0.368 e. The first-order chi connectivity index (χ1) is 14.1. The SMILES string of the molecule is CCCn1c(NC(=O)C2=NN(c3ccccc3)C(C(N)=O)C2)nc2ccccc21. The van der Waals surface area contributed by atoms with Crippen molar-refractivity contribution in [1.29, 1.82) is 0 Å². The number of hydrazone groups is 1.